The van der Waals surface area contributed by atoms with Crippen molar-refractivity contribution in [2.45, 2.75) is 0 Å². The molecular weight excluding hydrogens is 278 g/mol. The van der Waals surface area contributed by atoms with Gasteiger partial charge < -0.3 is 25.8 Å². The number of nitrogen functional groups attached to an aromatic ring is 1. The minimum absolute atomic E-state index is 0.00538. The van der Waals surface area contributed by atoms with Crippen LogP contribution in [0.5, 0.6) is 0 Å². The number of nitrogens with one attached hydrogen (secondary N) is 1. The number of nitrogens with two attached hydrogens (primary N) is 1. The molecule has 2 aromatic rings. The van der Waals surface area contributed by atoms with Crippen LogP contribution in [0.1, 0.15) is 0 Å². The highest BCUT2D eigenvalue weighted by atomic mass is 35.5. The standard InChI is InChI=1S/C14H18ClN3O2/c15-12-8-14(18(3-5-19)4-6-20)11(7-13(12)16)10-1-2-17-9-10/h1-2,7-9,17,19-20H,3-6,16H2. The van der Waals surface area contributed by atoms with Crippen molar-refractivity contribution in [3.63, 3.8) is 0 Å². The van der Waals surface area contributed by atoms with Crippen LogP contribution >= 0.6 is 11.6 Å². The van der Waals surface area contributed by atoms with Gasteiger partial charge in [-0.15, -0.1) is 0 Å². The molecule has 0 saturated carbocycles. The highest BCUT2D eigenvalue weighted by Crippen LogP contribution is 2.36. The van der Waals surface area contributed by atoms with Gasteiger partial charge in [-0.25, -0.2) is 0 Å². The van der Waals surface area contributed by atoms with Crippen molar-refractivity contribution >= 4 is 23.0 Å². The molecule has 0 aliphatic rings. The number of aliphatic hydroxyl groups excluding tert-OH is 2. The summed E-state index contributed by atoms with van der Waals surface area (Å²) in [5.41, 5.74) is 9.11. The van der Waals surface area contributed by atoms with Gasteiger partial charge in [0.1, 0.15) is 0 Å². The van der Waals surface area contributed by atoms with Gasteiger partial charge in [0, 0.05) is 42.3 Å². The number of halogens is 1. The Labute approximate surface area is 122 Å². The lowest BCUT2D eigenvalue weighted by atomic mass is 10.0. The summed E-state index contributed by atoms with van der Waals surface area (Å²) >= 11 is 6.11. The van der Waals surface area contributed by atoms with Crippen molar-refractivity contribution in [3.8, 4) is 11.1 Å². The van der Waals surface area contributed by atoms with E-state index in [1.807, 2.05) is 29.4 Å². The fourth-order valence-electron chi connectivity index (χ4n) is 2.16. The molecule has 1 aromatic heterocycles. The third kappa shape index (κ3) is 3.07. The Morgan fingerprint density at radius 1 is 1.20 bits per heavy atom. The maximum absolute atomic E-state index is 9.18. The third-order valence-corrected chi connectivity index (χ3v) is 3.43. The Bertz CT molecular complexity index is 552. The first-order valence-electron chi connectivity index (χ1n) is 6.36. The summed E-state index contributed by atoms with van der Waals surface area (Å²) in [4.78, 5) is 4.88. The molecular formula is C14H18ClN3O2. The van der Waals surface area contributed by atoms with Gasteiger partial charge in [-0.1, -0.05) is 11.6 Å². The lowest BCUT2D eigenvalue weighted by Crippen LogP contribution is -2.30. The molecule has 108 valence electrons. The Kier molecular flexibility index (Phi) is 4.89. The summed E-state index contributed by atoms with van der Waals surface area (Å²) < 4.78 is 0. The predicted octanol–water partition coefficient (Wildman–Crippen LogP) is 1.71. The summed E-state index contributed by atoms with van der Waals surface area (Å²) in [6.45, 7) is 0.819. The minimum atomic E-state index is -0.00538. The van der Waals surface area contributed by atoms with Crippen LogP contribution in [0.25, 0.3) is 11.1 Å². The molecule has 20 heavy (non-hydrogen) atoms. The topological polar surface area (TPSA) is 85.5 Å². The van der Waals surface area contributed by atoms with Crippen molar-refractivity contribution in [2.75, 3.05) is 36.9 Å². The van der Waals surface area contributed by atoms with Crippen LogP contribution in [0.2, 0.25) is 5.02 Å². The molecule has 2 rings (SSSR count). The zero-order valence-corrected chi connectivity index (χ0v) is 11.8. The van der Waals surface area contributed by atoms with E-state index in [9.17, 15) is 10.2 Å². The van der Waals surface area contributed by atoms with Crippen molar-refractivity contribution in [3.05, 3.63) is 35.6 Å². The summed E-state index contributed by atoms with van der Waals surface area (Å²) in [6, 6.07) is 5.51. The molecule has 0 atom stereocenters. The van der Waals surface area contributed by atoms with Crippen LogP contribution in [0.15, 0.2) is 30.6 Å². The second-order valence-corrected chi connectivity index (χ2v) is 4.83. The average molecular weight is 296 g/mol. The number of H-pyrrole nitrogens is 1. The molecule has 0 aliphatic heterocycles. The summed E-state index contributed by atoms with van der Waals surface area (Å²) in [6.07, 6.45) is 3.69. The molecule has 1 aromatic carbocycles. The minimum Gasteiger partial charge on any atom is -0.398 e. The molecule has 0 bridgehead atoms. The van der Waals surface area contributed by atoms with Crippen LogP contribution in [-0.2, 0) is 0 Å². The average Bonchev–Trinajstić information content (AvgIpc) is 2.95. The molecule has 5 nitrogen and oxygen atoms in total. The van der Waals surface area contributed by atoms with Gasteiger partial charge in [0.05, 0.1) is 23.9 Å². The Balaban J connectivity index is 2.51. The Morgan fingerprint density at radius 3 is 2.45 bits per heavy atom. The molecule has 0 radical (unpaired) electrons. The Hall–Kier alpha value is -1.69. The van der Waals surface area contributed by atoms with Crippen molar-refractivity contribution in [1.82, 2.24) is 4.98 Å². The molecule has 0 unspecified atom stereocenters. The van der Waals surface area contributed by atoms with E-state index < -0.39 is 0 Å². The van der Waals surface area contributed by atoms with Gasteiger partial charge in [-0.3, -0.25) is 0 Å². The van der Waals surface area contributed by atoms with Gasteiger partial charge in [0.2, 0.25) is 0 Å². The van der Waals surface area contributed by atoms with E-state index in [1.54, 1.807) is 6.07 Å². The fourth-order valence-corrected chi connectivity index (χ4v) is 2.32. The maximum Gasteiger partial charge on any atom is 0.0656 e. The quantitative estimate of drug-likeness (QED) is 0.611. The first kappa shape index (κ1) is 14.7. The fraction of sp³-hybridized carbons (Fsp3) is 0.286. The van der Waals surface area contributed by atoms with Crippen LogP contribution in [0, 0.1) is 0 Å². The first-order valence-corrected chi connectivity index (χ1v) is 6.74. The van der Waals surface area contributed by atoms with Gasteiger partial charge in [-0.05, 0) is 18.2 Å². The summed E-state index contributed by atoms with van der Waals surface area (Å²) in [5.74, 6) is 0. The van der Waals surface area contributed by atoms with Gasteiger partial charge in [-0.2, -0.15) is 0 Å². The molecule has 0 saturated heterocycles. The molecule has 6 heteroatoms. The monoisotopic (exact) mass is 295 g/mol. The predicted molar refractivity (Wildman–Crippen MR) is 82.0 cm³/mol. The van der Waals surface area contributed by atoms with E-state index >= 15 is 0 Å². The zero-order valence-electron chi connectivity index (χ0n) is 11.0. The number of hydrogen-bond donors (Lipinski definition) is 4. The van der Waals surface area contributed by atoms with Gasteiger partial charge >= 0.3 is 0 Å². The number of nitrogens with zero attached hydrogens (tertiary/aromatic N) is 1. The Morgan fingerprint density at radius 2 is 1.90 bits per heavy atom. The van der Waals surface area contributed by atoms with Crippen LogP contribution in [-0.4, -0.2) is 41.5 Å². The second kappa shape index (κ2) is 6.65. The van der Waals surface area contributed by atoms with E-state index in [4.69, 9.17) is 17.3 Å². The number of aromatic nitrogens is 1. The van der Waals surface area contributed by atoms with Crippen molar-refractivity contribution < 1.29 is 10.2 Å². The highest BCUT2D eigenvalue weighted by Gasteiger charge is 2.15. The number of aliphatic hydroxyl groups is 2. The van der Waals surface area contributed by atoms with Crippen LogP contribution < -0.4 is 10.6 Å². The highest BCUT2D eigenvalue weighted by molar-refractivity contribution is 6.33. The van der Waals surface area contributed by atoms with Crippen LogP contribution in [0.4, 0.5) is 11.4 Å². The van der Waals surface area contributed by atoms with Crippen LogP contribution in [0.3, 0.4) is 0 Å². The first-order chi connectivity index (χ1) is 9.67. The lowest BCUT2D eigenvalue weighted by molar-refractivity contribution is 0.281. The van der Waals surface area contributed by atoms with E-state index in [0.717, 1.165) is 16.8 Å². The number of hydrogen-bond acceptors (Lipinski definition) is 4. The van der Waals surface area contributed by atoms with E-state index in [-0.39, 0.29) is 13.2 Å². The number of aromatic amines is 1. The van der Waals surface area contributed by atoms with E-state index in [1.165, 1.54) is 0 Å². The van der Waals surface area contributed by atoms with Crippen molar-refractivity contribution in [2.24, 2.45) is 0 Å². The molecule has 0 amide bonds. The normalized spacial score (nSPS) is 10.8. The molecule has 1 heterocycles. The number of rotatable bonds is 6. The molecule has 0 aliphatic carbocycles. The summed E-state index contributed by atoms with van der Waals surface area (Å²) in [7, 11) is 0. The molecule has 0 spiro atoms. The van der Waals surface area contributed by atoms with Gasteiger partial charge in [0.15, 0.2) is 0 Å². The second-order valence-electron chi connectivity index (χ2n) is 4.42. The number of benzene rings is 1. The molecule has 5 N–H and O–H groups in total. The summed E-state index contributed by atoms with van der Waals surface area (Å²) in [5, 5.41) is 18.8. The zero-order chi connectivity index (χ0) is 14.5. The largest absolute Gasteiger partial charge is 0.398 e. The van der Waals surface area contributed by atoms with Gasteiger partial charge in [0.25, 0.3) is 0 Å². The maximum atomic E-state index is 9.18. The third-order valence-electron chi connectivity index (χ3n) is 3.10. The van der Waals surface area contributed by atoms with E-state index in [0.29, 0.717) is 23.8 Å². The van der Waals surface area contributed by atoms with Crippen molar-refractivity contribution in [1.29, 1.82) is 0 Å². The smallest absolute Gasteiger partial charge is 0.0656 e. The lowest BCUT2D eigenvalue weighted by Gasteiger charge is -2.26. The SMILES string of the molecule is Nc1cc(-c2cc[nH]c2)c(N(CCO)CCO)cc1Cl. The number of anilines is 2. The van der Waals surface area contributed by atoms with E-state index in [2.05, 4.69) is 4.98 Å². The molecule has 0 fully saturated rings.